The molecule has 6 nitrogen and oxygen atoms in total. The molecule has 1 unspecified atom stereocenters. The van der Waals surface area contributed by atoms with Gasteiger partial charge >= 0.3 is 5.97 Å². The second kappa shape index (κ2) is 5.69. The summed E-state index contributed by atoms with van der Waals surface area (Å²) in [7, 11) is 0. The first-order chi connectivity index (χ1) is 9.06. The lowest BCUT2D eigenvalue weighted by Gasteiger charge is -2.33. The molecule has 2 rings (SSSR count). The maximum Gasteiger partial charge on any atom is 0.303 e. The molecule has 0 spiro atoms. The van der Waals surface area contributed by atoms with E-state index in [1.54, 1.807) is 12.3 Å². The van der Waals surface area contributed by atoms with E-state index in [0.717, 1.165) is 25.1 Å². The summed E-state index contributed by atoms with van der Waals surface area (Å²) in [4.78, 5) is 27.9. The lowest BCUT2D eigenvalue weighted by atomic mass is 9.94. The smallest absolute Gasteiger partial charge is 0.303 e. The van der Waals surface area contributed by atoms with Crippen LogP contribution < -0.4 is 10.6 Å². The van der Waals surface area contributed by atoms with Gasteiger partial charge in [-0.05, 0) is 30.9 Å². The number of aliphatic carboxylic acids is 1. The van der Waals surface area contributed by atoms with Crippen LogP contribution in [0.1, 0.15) is 29.8 Å². The largest absolute Gasteiger partial charge is 0.481 e. The third-order valence-electron chi connectivity index (χ3n) is 3.34. The van der Waals surface area contributed by atoms with Crippen LogP contribution >= 0.6 is 0 Å². The number of anilines is 1. The van der Waals surface area contributed by atoms with Crippen LogP contribution in [0, 0.1) is 5.92 Å². The van der Waals surface area contributed by atoms with Crippen LogP contribution in [-0.2, 0) is 4.79 Å². The molecule has 3 N–H and O–H groups in total. The molecule has 0 aromatic carbocycles. The maximum absolute atomic E-state index is 11.1. The van der Waals surface area contributed by atoms with Crippen molar-refractivity contribution >= 4 is 17.6 Å². The fraction of sp³-hybridized carbons (Fsp3) is 0.462. The maximum atomic E-state index is 11.1. The minimum absolute atomic E-state index is 0.149. The number of hydrogen-bond donors (Lipinski definition) is 2. The third-order valence-corrected chi connectivity index (χ3v) is 3.34. The number of carboxylic acids is 1. The summed E-state index contributed by atoms with van der Waals surface area (Å²) >= 11 is 0. The van der Waals surface area contributed by atoms with Crippen molar-refractivity contribution in [3.63, 3.8) is 0 Å². The quantitative estimate of drug-likeness (QED) is 0.840. The fourth-order valence-electron chi connectivity index (χ4n) is 2.46. The second-order valence-electron chi connectivity index (χ2n) is 4.82. The van der Waals surface area contributed by atoms with Crippen molar-refractivity contribution in [3.05, 3.63) is 24.0 Å². The van der Waals surface area contributed by atoms with Crippen molar-refractivity contribution in [1.29, 1.82) is 0 Å². The normalized spacial score (nSPS) is 19.2. The monoisotopic (exact) mass is 263 g/mol. The van der Waals surface area contributed by atoms with Gasteiger partial charge in [0, 0.05) is 31.4 Å². The molecular formula is C13H17N3O3. The van der Waals surface area contributed by atoms with Gasteiger partial charge in [0.05, 0.1) is 0 Å². The van der Waals surface area contributed by atoms with Gasteiger partial charge in [-0.25, -0.2) is 0 Å². The summed E-state index contributed by atoms with van der Waals surface area (Å²) in [5, 5.41) is 8.85. The summed E-state index contributed by atoms with van der Waals surface area (Å²) in [5.41, 5.74) is 6.32. The standard InChI is InChI=1S/C13H17N3O3/c14-13(19)11-7-10(3-4-15-11)16-5-1-2-9(8-16)6-12(17)18/h3-4,7,9H,1-2,5-6,8H2,(H2,14,19)(H,17,18). The van der Waals surface area contributed by atoms with Crippen LogP contribution in [0.25, 0.3) is 0 Å². The molecule has 1 aliphatic rings. The van der Waals surface area contributed by atoms with Gasteiger partial charge in [0.1, 0.15) is 5.69 Å². The third kappa shape index (κ3) is 3.43. The molecule has 1 fully saturated rings. The van der Waals surface area contributed by atoms with E-state index in [1.807, 2.05) is 6.07 Å². The molecule has 6 heteroatoms. The molecule has 0 aliphatic carbocycles. The first-order valence-electron chi connectivity index (χ1n) is 6.29. The van der Waals surface area contributed by atoms with Crippen LogP contribution in [0.2, 0.25) is 0 Å². The SMILES string of the molecule is NC(=O)c1cc(N2CCCC(CC(=O)O)C2)ccn1. The predicted octanol–water partition coefficient (Wildman–Crippen LogP) is 0.872. The summed E-state index contributed by atoms with van der Waals surface area (Å²) < 4.78 is 0. The van der Waals surface area contributed by atoms with Gasteiger partial charge in [-0.15, -0.1) is 0 Å². The van der Waals surface area contributed by atoms with E-state index in [1.165, 1.54) is 0 Å². The van der Waals surface area contributed by atoms with Crippen molar-refractivity contribution in [2.45, 2.75) is 19.3 Å². The van der Waals surface area contributed by atoms with Crippen molar-refractivity contribution in [2.75, 3.05) is 18.0 Å². The Balaban J connectivity index is 2.10. The lowest BCUT2D eigenvalue weighted by molar-refractivity contribution is -0.138. The first-order valence-corrected chi connectivity index (χ1v) is 6.29. The van der Waals surface area contributed by atoms with E-state index in [4.69, 9.17) is 10.8 Å². The van der Waals surface area contributed by atoms with E-state index in [-0.39, 0.29) is 18.0 Å². The Morgan fingerprint density at radius 3 is 3.00 bits per heavy atom. The summed E-state index contributed by atoms with van der Waals surface area (Å²) in [6.07, 6.45) is 3.61. The Kier molecular flexibility index (Phi) is 3.99. The van der Waals surface area contributed by atoms with Crippen LogP contribution in [-0.4, -0.2) is 35.1 Å². The van der Waals surface area contributed by atoms with Gasteiger partial charge in [0.2, 0.25) is 0 Å². The molecule has 0 bridgehead atoms. The molecule has 1 aromatic heterocycles. The summed E-state index contributed by atoms with van der Waals surface area (Å²) in [6, 6.07) is 3.47. The molecule has 0 radical (unpaired) electrons. The molecule has 1 aromatic rings. The van der Waals surface area contributed by atoms with Crippen LogP contribution in [0.4, 0.5) is 5.69 Å². The molecule has 0 saturated carbocycles. The molecule has 1 amide bonds. The Bertz CT molecular complexity index is 490. The predicted molar refractivity (Wildman–Crippen MR) is 69.9 cm³/mol. The van der Waals surface area contributed by atoms with Gasteiger partial charge in [-0.3, -0.25) is 14.6 Å². The molecular weight excluding hydrogens is 246 g/mol. The Labute approximate surface area is 111 Å². The minimum atomic E-state index is -0.764. The van der Waals surface area contributed by atoms with Gasteiger partial charge in [-0.2, -0.15) is 0 Å². The van der Waals surface area contributed by atoms with Crippen LogP contribution in [0.5, 0.6) is 0 Å². The van der Waals surface area contributed by atoms with E-state index in [2.05, 4.69) is 9.88 Å². The van der Waals surface area contributed by atoms with Gasteiger partial charge in [0.25, 0.3) is 5.91 Å². The number of primary amides is 1. The molecule has 102 valence electrons. The highest BCUT2D eigenvalue weighted by atomic mass is 16.4. The number of pyridine rings is 1. The molecule has 2 heterocycles. The average Bonchev–Trinajstić information content (AvgIpc) is 2.38. The number of carbonyl (C=O) groups is 2. The van der Waals surface area contributed by atoms with Crippen molar-refractivity contribution in [1.82, 2.24) is 4.98 Å². The number of nitrogens with two attached hydrogens (primary N) is 1. The number of carbonyl (C=O) groups excluding carboxylic acids is 1. The first kappa shape index (κ1) is 13.3. The van der Waals surface area contributed by atoms with Gasteiger partial charge in [-0.1, -0.05) is 0 Å². The van der Waals surface area contributed by atoms with Crippen molar-refractivity contribution in [3.8, 4) is 0 Å². The number of carboxylic acid groups (broad SMARTS) is 1. The number of nitrogens with zero attached hydrogens (tertiary/aromatic N) is 2. The van der Waals surface area contributed by atoms with Crippen molar-refractivity contribution in [2.24, 2.45) is 11.7 Å². The summed E-state index contributed by atoms with van der Waals surface area (Å²) in [5.74, 6) is -1.17. The Morgan fingerprint density at radius 2 is 2.32 bits per heavy atom. The van der Waals surface area contributed by atoms with E-state index < -0.39 is 11.9 Å². The Morgan fingerprint density at radius 1 is 1.53 bits per heavy atom. The number of aromatic nitrogens is 1. The minimum Gasteiger partial charge on any atom is -0.481 e. The fourth-order valence-corrected chi connectivity index (χ4v) is 2.46. The topological polar surface area (TPSA) is 96.5 Å². The van der Waals surface area contributed by atoms with E-state index in [9.17, 15) is 9.59 Å². The van der Waals surface area contributed by atoms with E-state index >= 15 is 0 Å². The number of amides is 1. The highest BCUT2D eigenvalue weighted by Crippen LogP contribution is 2.25. The van der Waals surface area contributed by atoms with Crippen LogP contribution in [0.3, 0.4) is 0 Å². The number of hydrogen-bond acceptors (Lipinski definition) is 4. The van der Waals surface area contributed by atoms with Gasteiger partial charge < -0.3 is 15.7 Å². The molecule has 19 heavy (non-hydrogen) atoms. The summed E-state index contributed by atoms with van der Waals surface area (Å²) in [6.45, 7) is 1.55. The number of piperidine rings is 1. The molecule has 1 atom stereocenters. The van der Waals surface area contributed by atoms with E-state index in [0.29, 0.717) is 6.54 Å². The highest BCUT2D eigenvalue weighted by molar-refractivity contribution is 5.91. The highest BCUT2D eigenvalue weighted by Gasteiger charge is 2.22. The zero-order valence-corrected chi connectivity index (χ0v) is 10.6. The second-order valence-corrected chi connectivity index (χ2v) is 4.82. The number of rotatable bonds is 4. The Hall–Kier alpha value is -2.11. The lowest BCUT2D eigenvalue weighted by Crippen LogP contribution is -2.36. The van der Waals surface area contributed by atoms with Gasteiger partial charge in [0.15, 0.2) is 0 Å². The molecule has 1 saturated heterocycles. The van der Waals surface area contributed by atoms with Crippen molar-refractivity contribution < 1.29 is 14.7 Å². The van der Waals surface area contributed by atoms with Crippen LogP contribution in [0.15, 0.2) is 18.3 Å². The zero-order chi connectivity index (χ0) is 13.8. The zero-order valence-electron chi connectivity index (χ0n) is 10.6. The molecule has 1 aliphatic heterocycles. The average molecular weight is 263 g/mol.